The lowest BCUT2D eigenvalue weighted by Crippen LogP contribution is -2.06. The smallest absolute Gasteiger partial charge is 0.279 e. The van der Waals surface area contributed by atoms with Crippen molar-refractivity contribution in [2.75, 3.05) is 0 Å². The van der Waals surface area contributed by atoms with Gasteiger partial charge in [0, 0.05) is 5.69 Å². The van der Waals surface area contributed by atoms with Crippen molar-refractivity contribution >= 4 is 11.6 Å². The van der Waals surface area contributed by atoms with E-state index in [9.17, 15) is 9.90 Å². The number of nitrogens with zero attached hydrogens (tertiary/aromatic N) is 1. The number of aromatic nitrogens is 1. The maximum Gasteiger partial charge on any atom is 0.279 e. The minimum absolute atomic E-state index is 0.0667. The van der Waals surface area contributed by atoms with Gasteiger partial charge in [0.2, 0.25) is 0 Å². The molecule has 2 N–H and O–H groups in total. The Hall–Kier alpha value is -1.58. The molecule has 2 heterocycles. The zero-order chi connectivity index (χ0) is 12.0. The van der Waals surface area contributed by atoms with Crippen molar-refractivity contribution in [3.8, 4) is 5.88 Å². The standard InChI is InChI=1S/C12H16N2O2/c1-5(2)9-7-8(12(16)13-9)10(6(3)4)14-11(7)15/h5-6,13,16H,1-4H3. The van der Waals surface area contributed by atoms with Crippen molar-refractivity contribution in [1.82, 2.24) is 4.98 Å². The van der Waals surface area contributed by atoms with Gasteiger partial charge >= 0.3 is 0 Å². The van der Waals surface area contributed by atoms with Gasteiger partial charge in [-0.2, -0.15) is 0 Å². The highest BCUT2D eigenvalue weighted by atomic mass is 16.3. The van der Waals surface area contributed by atoms with Crippen LogP contribution in [-0.2, 0) is 0 Å². The number of aromatic hydroxyl groups is 1. The molecule has 1 aromatic heterocycles. The van der Waals surface area contributed by atoms with Crippen LogP contribution in [0.25, 0.3) is 0 Å². The second-order valence-electron chi connectivity index (χ2n) is 4.75. The third-order valence-electron chi connectivity index (χ3n) is 2.83. The molecular formula is C12H16N2O2. The van der Waals surface area contributed by atoms with E-state index < -0.39 is 0 Å². The molecule has 0 bridgehead atoms. The van der Waals surface area contributed by atoms with E-state index in [2.05, 4.69) is 9.98 Å². The van der Waals surface area contributed by atoms with Gasteiger partial charge in [-0.1, -0.05) is 27.7 Å². The second kappa shape index (κ2) is 3.47. The van der Waals surface area contributed by atoms with E-state index in [4.69, 9.17) is 0 Å². The Balaban J connectivity index is 2.64. The number of aromatic amines is 1. The summed E-state index contributed by atoms with van der Waals surface area (Å²) in [6.45, 7) is 7.88. The zero-order valence-electron chi connectivity index (χ0n) is 9.96. The third-order valence-corrected chi connectivity index (χ3v) is 2.83. The van der Waals surface area contributed by atoms with Crippen molar-refractivity contribution in [3.63, 3.8) is 0 Å². The summed E-state index contributed by atoms with van der Waals surface area (Å²) in [5.41, 5.74) is 2.61. The first-order valence-electron chi connectivity index (χ1n) is 5.51. The molecule has 1 aliphatic heterocycles. The highest BCUT2D eigenvalue weighted by molar-refractivity contribution is 6.23. The SMILES string of the molecule is CC(C)C1=NC(=O)c2c(C(C)C)[nH]c(O)c21. The summed E-state index contributed by atoms with van der Waals surface area (Å²) in [6.07, 6.45) is 0. The summed E-state index contributed by atoms with van der Waals surface area (Å²) >= 11 is 0. The average molecular weight is 220 g/mol. The van der Waals surface area contributed by atoms with Gasteiger partial charge in [0.15, 0.2) is 5.88 Å². The summed E-state index contributed by atoms with van der Waals surface area (Å²) in [4.78, 5) is 18.7. The molecule has 1 aliphatic rings. The second-order valence-corrected chi connectivity index (χ2v) is 4.75. The lowest BCUT2D eigenvalue weighted by atomic mass is 9.98. The summed E-state index contributed by atoms with van der Waals surface area (Å²) < 4.78 is 0. The highest BCUT2D eigenvalue weighted by Crippen LogP contribution is 2.35. The minimum atomic E-state index is -0.237. The fourth-order valence-corrected chi connectivity index (χ4v) is 2.05. The van der Waals surface area contributed by atoms with E-state index in [1.807, 2.05) is 27.7 Å². The Morgan fingerprint density at radius 2 is 1.75 bits per heavy atom. The average Bonchev–Trinajstić information content (AvgIpc) is 2.67. The summed E-state index contributed by atoms with van der Waals surface area (Å²) in [5, 5.41) is 9.85. The molecule has 0 fully saturated rings. The van der Waals surface area contributed by atoms with Crippen molar-refractivity contribution in [2.24, 2.45) is 10.9 Å². The molecule has 0 radical (unpaired) electrons. The highest BCUT2D eigenvalue weighted by Gasteiger charge is 2.33. The first-order chi connectivity index (χ1) is 7.43. The third kappa shape index (κ3) is 1.37. The quantitative estimate of drug-likeness (QED) is 0.804. The van der Waals surface area contributed by atoms with Gasteiger partial charge in [0.25, 0.3) is 5.91 Å². The van der Waals surface area contributed by atoms with Crippen molar-refractivity contribution in [1.29, 1.82) is 0 Å². The molecule has 2 rings (SSSR count). The maximum atomic E-state index is 11.8. The number of H-pyrrole nitrogens is 1. The van der Waals surface area contributed by atoms with E-state index >= 15 is 0 Å². The van der Waals surface area contributed by atoms with Crippen LogP contribution >= 0.6 is 0 Å². The Bertz CT molecular complexity index is 481. The number of carbonyl (C=O) groups excluding carboxylic acids is 1. The van der Waals surface area contributed by atoms with E-state index in [1.165, 1.54) is 0 Å². The van der Waals surface area contributed by atoms with Crippen molar-refractivity contribution in [3.05, 3.63) is 16.8 Å². The van der Waals surface area contributed by atoms with E-state index in [-0.39, 0.29) is 23.6 Å². The van der Waals surface area contributed by atoms with Crippen LogP contribution < -0.4 is 0 Å². The number of aliphatic imine (C=N–C) groups is 1. The number of hydrogen-bond acceptors (Lipinski definition) is 2. The fraction of sp³-hybridized carbons (Fsp3) is 0.500. The van der Waals surface area contributed by atoms with Crippen LogP contribution in [0.3, 0.4) is 0 Å². The predicted octanol–water partition coefficient (Wildman–Crippen LogP) is 2.44. The molecular weight excluding hydrogens is 204 g/mol. The molecule has 4 nitrogen and oxygen atoms in total. The van der Waals surface area contributed by atoms with E-state index in [0.717, 1.165) is 5.69 Å². The van der Waals surface area contributed by atoms with Crippen LogP contribution in [0.5, 0.6) is 5.88 Å². The normalized spacial score (nSPS) is 14.9. The number of amides is 1. The summed E-state index contributed by atoms with van der Waals surface area (Å²) in [7, 11) is 0. The number of fused-ring (bicyclic) bond motifs is 1. The Morgan fingerprint density at radius 1 is 1.12 bits per heavy atom. The van der Waals surface area contributed by atoms with Crippen LogP contribution in [0.15, 0.2) is 4.99 Å². The molecule has 16 heavy (non-hydrogen) atoms. The lowest BCUT2D eigenvalue weighted by Gasteiger charge is -2.03. The molecule has 0 spiro atoms. The number of nitrogens with one attached hydrogen (secondary N) is 1. The first-order valence-corrected chi connectivity index (χ1v) is 5.51. The van der Waals surface area contributed by atoms with Crippen molar-refractivity contribution in [2.45, 2.75) is 33.6 Å². The largest absolute Gasteiger partial charge is 0.494 e. The molecule has 1 aromatic rings. The minimum Gasteiger partial charge on any atom is -0.494 e. The number of rotatable bonds is 2. The monoisotopic (exact) mass is 220 g/mol. The number of carbonyl (C=O) groups is 1. The van der Waals surface area contributed by atoms with Crippen molar-refractivity contribution < 1.29 is 9.90 Å². The molecule has 0 atom stereocenters. The van der Waals surface area contributed by atoms with Crippen LogP contribution in [0.1, 0.15) is 55.2 Å². The van der Waals surface area contributed by atoms with Gasteiger partial charge in [-0.3, -0.25) is 4.79 Å². The molecule has 0 saturated carbocycles. The van der Waals surface area contributed by atoms with Crippen LogP contribution in [0, 0.1) is 5.92 Å². The Kier molecular flexibility index (Phi) is 2.37. The van der Waals surface area contributed by atoms with Crippen LogP contribution in [0.2, 0.25) is 0 Å². The predicted molar refractivity (Wildman–Crippen MR) is 62.3 cm³/mol. The van der Waals surface area contributed by atoms with Gasteiger partial charge in [-0.05, 0) is 11.8 Å². The molecule has 4 heteroatoms. The first kappa shape index (κ1) is 10.9. The van der Waals surface area contributed by atoms with E-state index in [1.54, 1.807) is 0 Å². The van der Waals surface area contributed by atoms with Gasteiger partial charge in [-0.15, -0.1) is 0 Å². The molecule has 1 amide bonds. The molecule has 0 saturated heterocycles. The Labute approximate surface area is 94.4 Å². The van der Waals surface area contributed by atoms with Crippen LogP contribution in [0.4, 0.5) is 0 Å². The maximum absolute atomic E-state index is 11.8. The topological polar surface area (TPSA) is 65.5 Å². The molecule has 0 unspecified atom stereocenters. The van der Waals surface area contributed by atoms with Crippen LogP contribution in [-0.4, -0.2) is 21.7 Å². The van der Waals surface area contributed by atoms with E-state index in [0.29, 0.717) is 16.8 Å². The zero-order valence-corrected chi connectivity index (χ0v) is 9.96. The van der Waals surface area contributed by atoms with Gasteiger partial charge in [0.05, 0.1) is 16.8 Å². The Morgan fingerprint density at radius 3 is 2.25 bits per heavy atom. The summed E-state index contributed by atoms with van der Waals surface area (Å²) in [5.74, 6) is 0.128. The molecule has 86 valence electrons. The lowest BCUT2D eigenvalue weighted by molar-refractivity contribution is 0.100. The summed E-state index contributed by atoms with van der Waals surface area (Å²) in [6, 6.07) is 0. The molecule has 0 aromatic carbocycles. The van der Waals surface area contributed by atoms with Gasteiger partial charge < -0.3 is 10.1 Å². The number of hydrogen-bond donors (Lipinski definition) is 2. The van der Waals surface area contributed by atoms with Gasteiger partial charge in [-0.25, -0.2) is 4.99 Å². The molecule has 0 aliphatic carbocycles. The fourth-order valence-electron chi connectivity index (χ4n) is 2.05. The van der Waals surface area contributed by atoms with Gasteiger partial charge in [0.1, 0.15) is 0 Å².